The van der Waals surface area contributed by atoms with Crippen LogP contribution in [0.1, 0.15) is 44.2 Å². The molecule has 0 saturated heterocycles. The third kappa shape index (κ3) is 3.05. The molecule has 1 aliphatic rings. The maximum Gasteiger partial charge on any atom is 0.0453 e. The fourth-order valence-corrected chi connectivity index (χ4v) is 3.21. The van der Waals surface area contributed by atoms with Gasteiger partial charge >= 0.3 is 0 Å². The van der Waals surface area contributed by atoms with E-state index in [4.69, 9.17) is 17.3 Å². The van der Waals surface area contributed by atoms with Crippen molar-refractivity contribution in [2.45, 2.75) is 50.7 Å². The summed E-state index contributed by atoms with van der Waals surface area (Å²) in [5.41, 5.74) is 7.29. The number of nitrogens with two attached hydrogens (primary N) is 1. The van der Waals surface area contributed by atoms with Crippen molar-refractivity contribution in [2.75, 3.05) is 7.05 Å². The number of rotatable bonds is 3. The average molecular weight is 267 g/mol. The molecule has 1 aliphatic carbocycles. The molecule has 0 spiro atoms. The van der Waals surface area contributed by atoms with Gasteiger partial charge in [0.15, 0.2) is 0 Å². The van der Waals surface area contributed by atoms with Gasteiger partial charge in [-0.2, -0.15) is 0 Å². The van der Waals surface area contributed by atoms with Gasteiger partial charge in [-0.15, -0.1) is 0 Å². The second-order valence-corrected chi connectivity index (χ2v) is 5.85. The number of halogens is 1. The van der Waals surface area contributed by atoms with Crippen LogP contribution in [0.3, 0.4) is 0 Å². The predicted octanol–water partition coefficient (Wildman–Crippen LogP) is 3.60. The van der Waals surface area contributed by atoms with Crippen molar-refractivity contribution < 1.29 is 0 Å². The molecule has 18 heavy (non-hydrogen) atoms. The largest absolute Gasteiger partial charge is 0.328 e. The Morgan fingerprint density at radius 3 is 2.72 bits per heavy atom. The first kappa shape index (κ1) is 13.9. The van der Waals surface area contributed by atoms with Gasteiger partial charge < -0.3 is 5.73 Å². The molecule has 3 unspecified atom stereocenters. The molecule has 1 aromatic rings. The lowest BCUT2D eigenvalue weighted by atomic mass is 9.89. The first-order valence-corrected chi connectivity index (χ1v) is 7.19. The maximum atomic E-state index is 6.28. The van der Waals surface area contributed by atoms with Gasteiger partial charge in [0.2, 0.25) is 0 Å². The molecular formula is C15H23ClN2. The van der Waals surface area contributed by atoms with E-state index in [1.54, 1.807) is 0 Å². The van der Waals surface area contributed by atoms with E-state index < -0.39 is 0 Å². The molecule has 1 aromatic carbocycles. The summed E-state index contributed by atoms with van der Waals surface area (Å²) >= 11 is 6.28. The van der Waals surface area contributed by atoms with Crippen LogP contribution in [0.15, 0.2) is 24.3 Å². The number of hydrogen-bond acceptors (Lipinski definition) is 2. The van der Waals surface area contributed by atoms with Crippen LogP contribution in [-0.2, 0) is 0 Å². The Morgan fingerprint density at radius 2 is 2.06 bits per heavy atom. The predicted molar refractivity (Wildman–Crippen MR) is 77.9 cm³/mol. The van der Waals surface area contributed by atoms with Crippen molar-refractivity contribution in [3.8, 4) is 0 Å². The van der Waals surface area contributed by atoms with E-state index >= 15 is 0 Å². The molecule has 0 aliphatic heterocycles. The highest BCUT2D eigenvalue weighted by Crippen LogP contribution is 2.31. The van der Waals surface area contributed by atoms with Crippen molar-refractivity contribution in [1.29, 1.82) is 0 Å². The van der Waals surface area contributed by atoms with Crippen LogP contribution in [0, 0.1) is 0 Å². The second kappa shape index (κ2) is 6.05. The molecule has 2 N–H and O–H groups in total. The molecule has 0 amide bonds. The van der Waals surface area contributed by atoms with Gasteiger partial charge in [0, 0.05) is 23.1 Å². The third-order valence-corrected chi connectivity index (χ3v) is 4.57. The third-order valence-electron chi connectivity index (χ3n) is 4.23. The van der Waals surface area contributed by atoms with Gasteiger partial charge in [-0.05, 0) is 44.9 Å². The summed E-state index contributed by atoms with van der Waals surface area (Å²) in [5, 5.41) is 0.858. The normalized spacial score (nSPS) is 26.3. The van der Waals surface area contributed by atoms with Crippen molar-refractivity contribution in [3.63, 3.8) is 0 Å². The highest BCUT2D eigenvalue weighted by atomic mass is 35.5. The topological polar surface area (TPSA) is 29.3 Å². The van der Waals surface area contributed by atoms with Gasteiger partial charge in [-0.1, -0.05) is 36.2 Å². The lowest BCUT2D eigenvalue weighted by molar-refractivity contribution is 0.138. The average Bonchev–Trinajstić information content (AvgIpc) is 2.37. The Hall–Kier alpha value is -0.570. The van der Waals surface area contributed by atoms with Gasteiger partial charge in [-0.25, -0.2) is 0 Å². The summed E-state index contributed by atoms with van der Waals surface area (Å²) < 4.78 is 0. The number of hydrogen-bond donors (Lipinski definition) is 1. The lowest BCUT2D eigenvalue weighted by Crippen LogP contribution is -2.41. The minimum atomic E-state index is 0.342. The fourth-order valence-electron chi connectivity index (χ4n) is 2.92. The zero-order valence-electron chi connectivity index (χ0n) is 11.3. The molecule has 2 nitrogen and oxygen atoms in total. The Morgan fingerprint density at radius 1 is 1.33 bits per heavy atom. The van der Waals surface area contributed by atoms with E-state index in [0.29, 0.717) is 18.1 Å². The molecule has 3 atom stereocenters. The standard InChI is InChI=1S/C15H23ClN2/c1-11(14-8-3-4-9-15(14)16)18(2)13-7-5-6-12(17)10-13/h3-4,8-9,11-13H,5-7,10,17H2,1-2H3. The smallest absolute Gasteiger partial charge is 0.0453 e. The quantitative estimate of drug-likeness (QED) is 0.906. The van der Waals surface area contributed by atoms with Crippen molar-refractivity contribution in [2.24, 2.45) is 5.73 Å². The van der Waals surface area contributed by atoms with Crippen molar-refractivity contribution in [1.82, 2.24) is 4.90 Å². The first-order chi connectivity index (χ1) is 8.59. The Labute approximate surface area is 115 Å². The van der Waals surface area contributed by atoms with Crippen LogP contribution < -0.4 is 5.73 Å². The Bertz CT molecular complexity index is 394. The highest BCUT2D eigenvalue weighted by molar-refractivity contribution is 6.31. The van der Waals surface area contributed by atoms with Crippen LogP contribution in [0.2, 0.25) is 5.02 Å². The molecule has 0 bridgehead atoms. The highest BCUT2D eigenvalue weighted by Gasteiger charge is 2.26. The van der Waals surface area contributed by atoms with Crippen LogP contribution >= 0.6 is 11.6 Å². The summed E-state index contributed by atoms with van der Waals surface area (Å²) in [6.07, 6.45) is 4.76. The molecule has 0 aromatic heterocycles. The summed E-state index contributed by atoms with van der Waals surface area (Å²) in [6.45, 7) is 2.22. The first-order valence-electron chi connectivity index (χ1n) is 6.81. The minimum absolute atomic E-state index is 0.342. The van der Waals surface area contributed by atoms with E-state index in [1.807, 2.05) is 12.1 Å². The molecular weight excluding hydrogens is 244 g/mol. The van der Waals surface area contributed by atoms with E-state index in [9.17, 15) is 0 Å². The minimum Gasteiger partial charge on any atom is -0.328 e. The van der Waals surface area contributed by atoms with Gasteiger partial charge in [0.1, 0.15) is 0 Å². The number of benzene rings is 1. The molecule has 0 radical (unpaired) electrons. The zero-order chi connectivity index (χ0) is 13.1. The van der Waals surface area contributed by atoms with Crippen molar-refractivity contribution >= 4 is 11.6 Å². The van der Waals surface area contributed by atoms with E-state index in [-0.39, 0.29) is 0 Å². The molecule has 1 fully saturated rings. The van der Waals surface area contributed by atoms with Crippen LogP contribution in [-0.4, -0.2) is 24.0 Å². The maximum absolute atomic E-state index is 6.28. The summed E-state index contributed by atoms with van der Waals surface area (Å²) in [6, 6.07) is 9.41. The van der Waals surface area contributed by atoms with Crippen molar-refractivity contribution in [3.05, 3.63) is 34.9 Å². The summed E-state index contributed by atoms with van der Waals surface area (Å²) in [5.74, 6) is 0. The van der Waals surface area contributed by atoms with Gasteiger partial charge in [0.05, 0.1) is 0 Å². The summed E-state index contributed by atoms with van der Waals surface area (Å²) in [4.78, 5) is 2.43. The van der Waals surface area contributed by atoms with Crippen LogP contribution in [0.25, 0.3) is 0 Å². The molecule has 0 heterocycles. The molecule has 2 rings (SSSR count). The SMILES string of the molecule is CC(c1ccccc1Cl)N(C)C1CCCC(N)C1. The molecule has 3 heteroatoms. The van der Waals surface area contributed by atoms with E-state index in [0.717, 1.165) is 11.4 Å². The Kier molecular flexibility index (Phi) is 4.66. The monoisotopic (exact) mass is 266 g/mol. The fraction of sp³-hybridized carbons (Fsp3) is 0.600. The van der Waals surface area contributed by atoms with Crippen LogP contribution in [0.4, 0.5) is 0 Å². The van der Waals surface area contributed by atoms with E-state index in [1.165, 1.54) is 24.8 Å². The second-order valence-electron chi connectivity index (χ2n) is 5.44. The molecule has 100 valence electrons. The number of nitrogens with zero attached hydrogens (tertiary/aromatic N) is 1. The molecule has 1 saturated carbocycles. The van der Waals surface area contributed by atoms with E-state index in [2.05, 4.69) is 31.0 Å². The van der Waals surface area contributed by atoms with Crippen LogP contribution in [0.5, 0.6) is 0 Å². The van der Waals surface area contributed by atoms with Gasteiger partial charge in [-0.3, -0.25) is 4.90 Å². The zero-order valence-corrected chi connectivity index (χ0v) is 12.0. The van der Waals surface area contributed by atoms with Gasteiger partial charge in [0.25, 0.3) is 0 Å². The lowest BCUT2D eigenvalue weighted by Gasteiger charge is -2.38. The Balaban J connectivity index is 2.08. The summed E-state index contributed by atoms with van der Waals surface area (Å²) in [7, 11) is 2.19.